The number of rotatable bonds is 4. The Morgan fingerprint density at radius 2 is 2.11 bits per heavy atom. The molecule has 19 heavy (non-hydrogen) atoms. The first-order chi connectivity index (χ1) is 9.01. The molecule has 2 atom stereocenters. The van der Waals surface area contributed by atoms with E-state index in [0.29, 0.717) is 5.92 Å². The SMILES string of the molecule is C=CC1=C(CC(C)CC)C2=C(CS1)C(C)C(C)=C2C. The zero-order valence-electron chi connectivity index (χ0n) is 13.0. The second-order valence-corrected chi connectivity index (χ2v) is 7.00. The summed E-state index contributed by atoms with van der Waals surface area (Å²) >= 11 is 1.99. The summed E-state index contributed by atoms with van der Waals surface area (Å²) in [5.41, 5.74) is 7.90. The Kier molecular flexibility index (Phi) is 4.45. The molecule has 0 spiro atoms. The second-order valence-electron chi connectivity index (χ2n) is 5.98. The summed E-state index contributed by atoms with van der Waals surface area (Å²) in [4.78, 5) is 1.42. The zero-order chi connectivity index (χ0) is 14.2. The van der Waals surface area contributed by atoms with Crippen molar-refractivity contribution >= 4 is 11.8 Å². The van der Waals surface area contributed by atoms with Crippen molar-refractivity contribution in [1.82, 2.24) is 0 Å². The first kappa shape index (κ1) is 14.7. The number of hydrogen-bond donors (Lipinski definition) is 0. The summed E-state index contributed by atoms with van der Waals surface area (Å²) in [6.07, 6.45) is 4.51. The molecule has 0 saturated carbocycles. The molecule has 2 unspecified atom stereocenters. The van der Waals surface area contributed by atoms with E-state index in [1.165, 1.54) is 23.3 Å². The number of hydrogen-bond acceptors (Lipinski definition) is 1. The van der Waals surface area contributed by atoms with Crippen molar-refractivity contribution in [3.8, 4) is 0 Å². The van der Waals surface area contributed by atoms with Gasteiger partial charge in [-0.1, -0.05) is 45.4 Å². The van der Waals surface area contributed by atoms with E-state index >= 15 is 0 Å². The van der Waals surface area contributed by atoms with Crippen LogP contribution < -0.4 is 0 Å². The van der Waals surface area contributed by atoms with Crippen LogP contribution in [0.3, 0.4) is 0 Å². The van der Waals surface area contributed by atoms with Crippen molar-refractivity contribution in [3.63, 3.8) is 0 Å². The molecule has 104 valence electrons. The lowest BCUT2D eigenvalue weighted by Crippen LogP contribution is -2.09. The van der Waals surface area contributed by atoms with Gasteiger partial charge in [0, 0.05) is 10.7 Å². The van der Waals surface area contributed by atoms with Crippen LogP contribution in [-0.2, 0) is 0 Å². The van der Waals surface area contributed by atoms with Crippen molar-refractivity contribution in [1.29, 1.82) is 0 Å². The molecule has 1 aliphatic carbocycles. The minimum absolute atomic E-state index is 0.640. The van der Waals surface area contributed by atoms with Crippen LogP contribution in [0, 0.1) is 11.8 Å². The third kappa shape index (κ3) is 2.50. The van der Waals surface area contributed by atoms with Crippen molar-refractivity contribution in [2.24, 2.45) is 11.8 Å². The van der Waals surface area contributed by atoms with E-state index in [4.69, 9.17) is 0 Å². The van der Waals surface area contributed by atoms with E-state index in [-0.39, 0.29) is 0 Å². The van der Waals surface area contributed by atoms with E-state index < -0.39 is 0 Å². The Labute approximate surface area is 122 Å². The molecule has 0 aromatic heterocycles. The Hall–Kier alpha value is -0.690. The molecule has 0 amide bonds. The molecule has 0 fully saturated rings. The van der Waals surface area contributed by atoms with Gasteiger partial charge in [0.05, 0.1) is 0 Å². The van der Waals surface area contributed by atoms with Crippen molar-refractivity contribution in [3.05, 3.63) is 45.4 Å². The monoisotopic (exact) mass is 274 g/mol. The van der Waals surface area contributed by atoms with Gasteiger partial charge in [-0.3, -0.25) is 0 Å². The summed E-state index contributed by atoms with van der Waals surface area (Å²) in [5, 5.41) is 0. The lowest BCUT2D eigenvalue weighted by Gasteiger charge is -2.25. The van der Waals surface area contributed by atoms with E-state index in [1.54, 1.807) is 22.3 Å². The quantitative estimate of drug-likeness (QED) is 0.615. The van der Waals surface area contributed by atoms with Crippen LogP contribution in [0.5, 0.6) is 0 Å². The number of thioether (sulfide) groups is 1. The molecule has 0 bridgehead atoms. The lowest BCUT2D eigenvalue weighted by molar-refractivity contribution is 0.559. The van der Waals surface area contributed by atoms with Gasteiger partial charge in [0.25, 0.3) is 0 Å². The lowest BCUT2D eigenvalue weighted by atomic mass is 9.88. The predicted octanol–water partition coefficient (Wildman–Crippen LogP) is 5.89. The van der Waals surface area contributed by atoms with Gasteiger partial charge in [0.1, 0.15) is 0 Å². The first-order valence-corrected chi connectivity index (χ1v) is 8.39. The van der Waals surface area contributed by atoms with Crippen LogP contribution in [0.25, 0.3) is 0 Å². The highest BCUT2D eigenvalue weighted by molar-refractivity contribution is 8.03. The minimum Gasteiger partial charge on any atom is -0.121 e. The van der Waals surface area contributed by atoms with Crippen LogP contribution in [0.2, 0.25) is 0 Å². The maximum Gasteiger partial charge on any atom is 0.0206 e. The highest BCUT2D eigenvalue weighted by atomic mass is 32.2. The fourth-order valence-electron chi connectivity index (χ4n) is 3.10. The molecule has 0 radical (unpaired) electrons. The molecule has 1 aliphatic heterocycles. The largest absolute Gasteiger partial charge is 0.121 e. The van der Waals surface area contributed by atoms with E-state index in [0.717, 1.165) is 11.7 Å². The first-order valence-electron chi connectivity index (χ1n) is 7.40. The summed E-state index contributed by atoms with van der Waals surface area (Å²) in [7, 11) is 0. The molecular weight excluding hydrogens is 248 g/mol. The highest BCUT2D eigenvalue weighted by Gasteiger charge is 2.32. The minimum atomic E-state index is 0.640. The summed E-state index contributed by atoms with van der Waals surface area (Å²) in [6.45, 7) is 15.6. The van der Waals surface area contributed by atoms with Gasteiger partial charge >= 0.3 is 0 Å². The summed E-state index contributed by atoms with van der Waals surface area (Å²) in [6, 6.07) is 0. The average Bonchev–Trinajstić information content (AvgIpc) is 2.64. The zero-order valence-corrected chi connectivity index (χ0v) is 13.8. The Bertz CT molecular complexity index is 488. The van der Waals surface area contributed by atoms with Crippen LogP contribution in [0.4, 0.5) is 0 Å². The van der Waals surface area contributed by atoms with Crippen LogP contribution in [0.15, 0.2) is 45.4 Å². The molecule has 0 nitrogen and oxygen atoms in total. The molecule has 2 rings (SSSR count). The summed E-state index contributed by atoms with van der Waals surface area (Å²) in [5.74, 6) is 2.54. The van der Waals surface area contributed by atoms with E-state index in [9.17, 15) is 0 Å². The molecule has 0 N–H and O–H groups in total. The Balaban J connectivity index is 2.47. The van der Waals surface area contributed by atoms with Gasteiger partial charge in [-0.05, 0) is 54.4 Å². The van der Waals surface area contributed by atoms with Crippen molar-refractivity contribution in [2.75, 3.05) is 5.75 Å². The average molecular weight is 274 g/mol. The second kappa shape index (κ2) is 5.75. The summed E-state index contributed by atoms with van der Waals surface area (Å²) < 4.78 is 0. The Morgan fingerprint density at radius 3 is 2.68 bits per heavy atom. The third-order valence-corrected chi connectivity index (χ3v) is 6.06. The molecular formula is C18H26S. The normalized spacial score (nSPS) is 25.0. The van der Waals surface area contributed by atoms with Gasteiger partial charge in [-0.2, -0.15) is 0 Å². The van der Waals surface area contributed by atoms with Gasteiger partial charge in [0.15, 0.2) is 0 Å². The molecule has 1 heterocycles. The van der Waals surface area contributed by atoms with Gasteiger partial charge in [0.2, 0.25) is 0 Å². The molecule has 1 heteroatoms. The van der Waals surface area contributed by atoms with E-state index in [1.807, 2.05) is 11.8 Å². The topological polar surface area (TPSA) is 0 Å². The maximum atomic E-state index is 4.03. The van der Waals surface area contributed by atoms with Gasteiger partial charge < -0.3 is 0 Å². The van der Waals surface area contributed by atoms with Crippen molar-refractivity contribution < 1.29 is 0 Å². The molecule has 0 aromatic rings. The fraction of sp³-hybridized carbons (Fsp3) is 0.556. The van der Waals surface area contributed by atoms with E-state index in [2.05, 4.69) is 47.3 Å². The van der Waals surface area contributed by atoms with Crippen LogP contribution in [-0.4, -0.2) is 5.75 Å². The number of allylic oxidation sites excluding steroid dienone is 5. The predicted molar refractivity (Wildman–Crippen MR) is 88.3 cm³/mol. The third-order valence-electron chi connectivity index (χ3n) is 4.88. The fourth-order valence-corrected chi connectivity index (χ4v) is 4.28. The standard InChI is InChI=1S/C18H26S/c1-7-11(3)9-15-17(8-2)19-10-16-13(5)12(4)14(6)18(15)16/h8,11,13H,2,7,9-10H2,1,3-6H3. The molecule has 0 saturated heterocycles. The molecule has 0 aromatic carbocycles. The molecule has 2 aliphatic rings. The smallest absolute Gasteiger partial charge is 0.0206 e. The van der Waals surface area contributed by atoms with Gasteiger partial charge in [-0.25, -0.2) is 0 Å². The van der Waals surface area contributed by atoms with Crippen molar-refractivity contribution in [2.45, 2.75) is 47.5 Å². The van der Waals surface area contributed by atoms with Gasteiger partial charge in [-0.15, -0.1) is 11.8 Å². The van der Waals surface area contributed by atoms with Crippen LogP contribution in [0.1, 0.15) is 47.5 Å². The van der Waals surface area contributed by atoms with Crippen LogP contribution >= 0.6 is 11.8 Å². The Morgan fingerprint density at radius 1 is 1.42 bits per heavy atom. The maximum absolute atomic E-state index is 4.03. The highest BCUT2D eigenvalue weighted by Crippen LogP contribution is 2.49.